The Labute approximate surface area is 126 Å². The molecule has 21 heavy (non-hydrogen) atoms. The van der Waals surface area contributed by atoms with E-state index in [1.807, 2.05) is 24.8 Å². The van der Waals surface area contributed by atoms with Crippen molar-refractivity contribution in [1.82, 2.24) is 19.8 Å². The number of carbonyl (C=O) groups is 1. The van der Waals surface area contributed by atoms with Gasteiger partial charge in [0, 0.05) is 64.6 Å². The number of rotatable bonds is 6. The summed E-state index contributed by atoms with van der Waals surface area (Å²) in [6.07, 6.45) is 4.17. The highest BCUT2D eigenvalue weighted by Crippen LogP contribution is 2.10. The van der Waals surface area contributed by atoms with Crippen LogP contribution in [0.1, 0.15) is 20.3 Å². The lowest BCUT2D eigenvalue weighted by Crippen LogP contribution is -2.48. The van der Waals surface area contributed by atoms with Gasteiger partial charge < -0.3 is 9.80 Å². The molecule has 6 heteroatoms. The third-order valence-corrected chi connectivity index (χ3v) is 3.97. The van der Waals surface area contributed by atoms with Crippen LogP contribution in [0.2, 0.25) is 0 Å². The van der Waals surface area contributed by atoms with Crippen molar-refractivity contribution >= 4 is 11.9 Å². The minimum Gasteiger partial charge on any atom is -0.343 e. The minimum absolute atomic E-state index is 0.258. The lowest BCUT2D eigenvalue weighted by atomic mass is 10.2. The SMILES string of the molecule is CCN(CC)C(=O)CCN1CCN(c2ncccn2)CC1. The van der Waals surface area contributed by atoms with Gasteiger partial charge in [-0.2, -0.15) is 0 Å². The van der Waals surface area contributed by atoms with Crippen molar-refractivity contribution in [2.24, 2.45) is 0 Å². The Morgan fingerprint density at radius 3 is 2.33 bits per heavy atom. The molecule has 0 radical (unpaired) electrons. The smallest absolute Gasteiger partial charge is 0.225 e. The van der Waals surface area contributed by atoms with Crippen LogP contribution in [0.4, 0.5) is 5.95 Å². The largest absolute Gasteiger partial charge is 0.343 e. The van der Waals surface area contributed by atoms with Crippen LogP contribution in [0, 0.1) is 0 Å². The fourth-order valence-electron chi connectivity index (χ4n) is 2.61. The van der Waals surface area contributed by atoms with Gasteiger partial charge in [0.2, 0.25) is 11.9 Å². The van der Waals surface area contributed by atoms with Crippen molar-refractivity contribution < 1.29 is 4.79 Å². The van der Waals surface area contributed by atoms with Gasteiger partial charge in [0.25, 0.3) is 0 Å². The summed E-state index contributed by atoms with van der Waals surface area (Å²) < 4.78 is 0. The highest BCUT2D eigenvalue weighted by Gasteiger charge is 2.19. The van der Waals surface area contributed by atoms with Gasteiger partial charge in [-0.25, -0.2) is 9.97 Å². The summed E-state index contributed by atoms with van der Waals surface area (Å²) in [5, 5.41) is 0. The Morgan fingerprint density at radius 1 is 1.14 bits per heavy atom. The van der Waals surface area contributed by atoms with Crippen LogP contribution >= 0.6 is 0 Å². The maximum absolute atomic E-state index is 12.0. The molecule has 0 aliphatic carbocycles. The van der Waals surface area contributed by atoms with E-state index in [1.165, 1.54) is 0 Å². The monoisotopic (exact) mass is 291 g/mol. The first-order chi connectivity index (χ1) is 10.2. The average molecular weight is 291 g/mol. The third kappa shape index (κ3) is 4.39. The second kappa shape index (κ2) is 7.93. The van der Waals surface area contributed by atoms with E-state index in [2.05, 4.69) is 19.8 Å². The molecule has 6 nitrogen and oxygen atoms in total. The van der Waals surface area contributed by atoms with E-state index in [9.17, 15) is 4.79 Å². The normalized spacial score (nSPS) is 16.0. The molecule has 2 heterocycles. The molecule has 0 atom stereocenters. The first kappa shape index (κ1) is 15.7. The Hall–Kier alpha value is -1.69. The maximum atomic E-state index is 12.0. The van der Waals surface area contributed by atoms with Crippen molar-refractivity contribution in [3.8, 4) is 0 Å². The number of aromatic nitrogens is 2. The van der Waals surface area contributed by atoms with Gasteiger partial charge in [-0.05, 0) is 19.9 Å². The van der Waals surface area contributed by atoms with Gasteiger partial charge in [-0.3, -0.25) is 9.69 Å². The predicted octanol–water partition coefficient (Wildman–Crippen LogP) is 0.857. The lowest BCUT2D eigenvalue weighted by molar-refractivity contribution is -0.131. The Morgan fingerprint density at radius 2 is 1.76 bits per heavy atom. The molecule has 1 aliphatic heterocycles. The maximum Gasteiger partial charge on any atom is 0.225 e. The zero-order chi connectivity index (χ0) is 15.1. The standard InChI is InChI=1S/C15H25N5O/c1-3-19(4-2)14(21)6-9-18-10-12-20(13-11-18)15-16-7-5-8-17-15/h5,7-8H,3-4,6,9-13H2,1-2H3. The second-order valence-corrected chi connectivity index (χ2v) is 5.19. The summed E-state index contributed by atoms with van der Waals surface area (Å²) in [5.74, 6) is 1.06. The quantitative estimate of drug-likeness (QED) is 0.778. The zero-order valence-corrected chi connectivity index (χ0v) is 13.0. The Balaban J connectivity index is 1.73. The number of hydrogen-bond acceptors (Lipinski definition) is 5. The van der Waals surface area contributed by atoms with E-state index < -0.39 is 0 Å². The van der Waals surface area contributed by atoms with Crippen LogP contribution in [0.5, 0.6) is 0 Å². The highest BCUT2D eigenvalue weighted by molar-refractivity contribution is 5.76. The van der Waals surface area contributed by atoms with Crippen molar-refractivity contribution in [3.05, 3.63) is 18.5 Å². The van der Waals surface area contributed by atoms with Gasteiger partial charge in [-0.1, -0.05) is 0 Å². The van der Waals surface area contributed by atoms with Crippen LogP contribution in [-0.4, -0.2) is 71.5 Å². The number of hydrogen-bond donors (Lipinski definition) is 0. The topological polar surface area (TPSA) is 52.6 Å². The molecule has 2 rings (SSSR count). The molecule has 0 unspecified atom stereocenters. The van der Waals surface area contributed by atoms with Crippen LogP contribution in [-0.2, 0) is 4.79 Å². The van der Waals surface area contributed by atoms with E-state index in [0.717, 1.165) is 51.8 Å². The summed E-state index contributed by atoms with van der Waals surface area (Å²) in [5.41, 5.74) is 0. The highest BCUT2D eigenvalue weighted by atomic mass is 16.2. The molecule has 1 aliphatic rings. The second-order valence-electron chi connectivity index (χ2n) is 5.19. The average Bonchev–Trinajstić information content (AvgIpc) is 2.55. The fraction of sp³-hybridized carbons (Fsp3) is 0.667. The molecule has 0 saturated carbocycles. The molecular formula is C15H25N5O. The van der Waals surface area contributed by atoms with Crippen LogP contribution in [0.15, 0.2) is 18.5 Å². The fourth-order valence-corrected chi connectivity index (χ4v) is 2.61. The first-order valence-electron chi connectivity index (χ1n) is 7.76. The van der Waals surface area contributed by atoms with E-state index in [-0.39, 0.29) is 5.91 Å². The number of nitrogens with zero attached hydrogens (tertiary/aromatic N) is 5. The number of carbonyl (C=O) groups excluding carboxylic acids is 1. The van der Waals surface area contributed by atoms with Crippen LogP contribution in [0.25, 0.3) is 0 Å². The van der Waals surface area contributed by atoms with Crippen molar-refractivity contribution in [2.45, 2.75) is 20.3 Å². The summed E-state index contributed by atoms with van der Waals surface area (Å²) in [4.78, 5) is 27.0. The minimum atomic E-state index is 0.258. The van der Waals surface area contributed by atoms with Gasteiger partial charge in [0.15, 0.2) is 0 Å². The molecule has 116 valence electrons. The molecule has 1 fully saturated rings. The molecule has 0 spiro atoms. The zero-order valence-electron chi connectivity index (χ0n) is 13.0. The molecule has 0 N–H and O–H groups in total. The van der Waals surface area contributed by atoms with Gasteiger partial charge in [0.05, 0.1) is 0 Å². The Bertz CT molecular complexity index is 427. The van der Waals surface area contributed by atoms with Gasteiger partial charge >= 0.3 is 0 Å². The van der Waals surface area contributed by atoms with Gasteiger partial charge in [-0.15, -0.1) is 0 Å². The molecule has 1 saturated heterocycles. The molecular weight excluding hydrogens is 266 g/mol. The van der Waals surface area contributed by atoms with Crippen molar-refractivity contribution in [1.29, 1.82) is 0 Å². The van der Waals surface area contributed by atoms with Crippen LogP contribution in [0.3, 0.4) is 0 Å². The summed E-state index contributed by atoms with van der Waals surface area (Å²) in [6, 6.07) is 1.83. The van der Waals surface area contributed by atoms with Crippen LogP contribution < -0.4 is 4.90 Å². The lowest BCUT2D eigenvalue weighted by Gasteiger charge is -2.34. The number of amides is 1. The molecule has 0 aromatic carbocycles. The number of anilines is 1. The van der Waals surface area contributed by atoms with E-state index >= 15 is 0 Å². The van der Waals surface area contributed by atoms with E-state index in [0.29, 0.717) is 6.42 Å². The molecule has 1 amide bonds. The first-order valence-corrected chi connectivity index (χ1v) is 7.76. The summed E-state index contributed by atoms with van der Waals surface area (Å²) in [7, 11) is 0. The Kier molecular flexibility index (Phi) is 5.92. The van der Waals surface area contributed by atoms with Crippen molar-refractivity contribution in [2.75, 3.05) is 50.7 Å². The predicted molar refractivity (Wildman–Crippen MR) is 83.2 cm³/mol. The van der Waals surface area contributed by atoms with E-state index in [1.54, 1.807) is 12.4 Å². The third-order valence-electron chi connectivity index (χ3n) is 3.97. The van der Waals surface area contributed by atoms with Gasteiger partial charge in [0.1, 0.15) is 0 Å². The molecule has 1 aromatic rings. The molecule has 0 bridgehead atoms. The number of piperazine rings is 1. The summed E-state index contributed by atoms with van der Waals surface area (Å²) in [6.45, 7) is 10.3. The molecule has 1 aromatic heterocycles. The van der Waals surface area contributed by atoms with E-state index in [4.69, 9.17) is 0 Å². The van der Waals surface area contributed by atoms with Crippen molar-refractivity contribution in [3.63, 3.8) is 0 Å². The summed E-state index contributed by atoms with van der Waals surface area (Å²) >= 11 is 0.